The van der Waals surface area contributed by atoms with Crippen LogP contribution in [0, 0.1) is 6.92 Å². The molecule has 0 aromatic heterocycles. The van der Waals surface area contributed by atoms with E-state index < -0.39 is 0 Å². The molecule has 5 rings (SSSR count). The number of hydrogen-bond acceptors (Lipinski definition) is 1. The smallest absolute Gasteiger partial charge is 0.139 e. The fourth-order valence-electron chi connectivity index (χ4n) is 7.29. The molecule has 4 aromatic carbocycles. The van der Waals surface area contributed by atoms with E-state index in [0.717, 1.165) is 16.3 Å². The summed E-state index contributed by atoms with van der Waals surface area (Å²) in [5.74, 6) is 0. The molecule has 222 valence electrons. The van der Waals surface area contributed by atoms with Gasteiger partial charge in [0.1, 0.15) is 39.2 Å². The van der Waals surface area contributed by atoms with Crippen LogP contribution in [0.15, 0.2) is 54.6 Å². The van der Waals surface area contributed by atoms with E-state index in [1.165, 1.54) is 79.3 Å². The zero-order chi connectivity index (χ0) is 32.5. The lowest BCUT2D eigenvalue weighted by atomic mass is 9.59. The summed E-state index contributed by atoms with van der Waals surface area (Å²) in [5, 5.41) is 0.756. The maximum absolute atomic E-state index is 6.79. The van der Waals surface area contributed by atoms with E-state index in [-0.39, 0.29) is 16.2 Å². The highest BCUT2D eigenvalue weighted by atomic mass is 35.5. The molecule has 0 saturated carbocycles. The molecule has 1 aliphatic rings. The number of aryl methyl sites for hydroxylation is 1. The first-order valence-electron chi connectivity index (χ1n) is 16.3. The van der Waals surface area contributed by atoms with Crippen LogP contribution in [0.1, 0.15) is 83.6 Å². The van der Waals surface area contributed by atoms with Crippen molar-refractivity contribution >= 4 is 95.2 Å². The lowest BCUT2D eigenvalue weighted by Gasteiger charge is -2.42. The molecule has 0 atom stereocenters. The Morgan fingerprint density at radius 3 is 1.80 bits per heavy atom. The van der Waals surface area contributed by atoms with E-state index in [9.17, 15) is 0 Å². The highest BCUT2D eigenvalue weighted by Crippen LogP contribution is 2.49. The molecule has 4 aromatic rings. The molecule has 0 heterocycles. The Morgan fingerprint density at radius 2 is 1.23 bits per heavy atom. The van der Waals surface area contributed by atoms with Gasteiger partial charge in [-0.2, -0.15) is 0 Å². The summed E-state index contributed by atoms with van der Waals surface area (Å²) >= 11 is 6.79. The van der Waals surface area contributed by atoms with E-state index in [2.05, 4.69) is 148 Å². The van der Waals surface area contributed by atoms with Gasteiger partial charge in [-0.1, -0.05) is 83.1 Å². The fraction of sp³-hybridized carbons (Fsp3) is 0.351. The Kier molecular flexibility index (Phi) is 8.37. The highest BCUT2D eigenvalue weighted by molar-refractivity contribution is 6.68. The quantitative estimate of drug-likeness (QED) is 0.329. The topological polar surface area (TPSA) is 3.24 Å². The van der Waals surface area contributed by atoms with Gasteiger partial charge in [-0.15, -0.1) is 16.4 Å². The molecule has 0 unspecified atom stereocenters. The molecular formula is C37H47B5ClN. The second-order valence-corrected chi connectivity index (χ2v) is 16.2. The van der Waals surface area contributed by atoms with Crippen LogP contribution < -0.4 is 32.2 Å². The van der Waals surface area contributed by atoms with Gasteiger partial charge >= 0.3 is 0 Å². The largest absolute Gasteiger partial charge is 0.310 e. The minimum atomic E-state index is 0.0166. The summed E-state index contributed by atoms with van der Waals surface area (Å²) in [7, 11) is 11.4. The Morgan fingerprint density at radius 1 is 0.659 bits per heavy atom. The lowest BCUT2D eigenvalue weighted by Crippen LogP contribution is -2.55. The molecule has 0 aliphatic heterocycles. The van der Waals surface area contributed by atoms with Crippen molar-refractivity contribution in [2.75, 3.05) is 4.90 Å². The first-order valence-corrected chi connectivity index (χ1v) is 16.7. The molecule has 0 fully saturated rings. The van der Waals surface area contributed by atoms with Gasteiger partial charge in [0.05, 0.1) is 5.69 Å². The average Bonchev–Trinajstić information content (AvgIpc) is 2.93. The lowest BCUT2D eigenvalue weighted by molar-refractivity contribution is 0.332. The monoisotopic (exact) mass is 595 g/mol. The second-order valence-electron chi connectivity index (χ2n) is 15.8. The maximum atomic E-state index is 6.79. The molecule has 1 nitrogen and oxygen atoms in total. The van der Waals surface area contributed by atoms with Gasteiger partial charge < -0.3 is 4.90 Å². The number of nitrogens with zero attached hydrogens (tertiary/aromatic N) is 1. The maximum Gasteiger partial charge on any atom is 0.139 e. The van der Waals surface area contributed by atoms with Gasteiger partial charge in [-0.3, -0.25) is 0 Å². The summed E-state index contributed by atoms with van der Waals surface area (Å²) in [6, 6.07) is 20.8. The summed E-state index contributed by atoms with van der Waals surface area (Å²) in [6.07, 6.45) is 2.38. The van der Waals surface area contributed by atoms with Crippen LogP contribution >= 0.6 is 11.6 Å². The molecule has 0 spiro atoms. The van der Waals surface area contributed by atoms with Crippen molar-refractivity contribution < 1.29 is 0 Å². The Labute approximate surface area is 276 Å². The van der Waals surface area contributed by atoms with Crippen LogP contribution in [0.4, 0.5) is 17.1 Å². The first-order chi connectivity index (χ1) is 20.3. The van der Waals surface area contributed by atoms with Crippen LogP contribution in [-0.4, -0.2) is 39.2 Å². The second kappa shape index (κ2) is 11.3. The third-order valence-corrected chi connectivity index (χ3v) is 11.0. The van der Waals surface area contributed by atoms with Gasteiger partial charge in [-0.05, 0) is 106 Å². The summed E-state index contributed by atoms with van der Waals surface area (Å²) < 4.78 is 0. The van der Waals surface area contributed by atoms with Crippen LogP contribution in [0.3, 0.4) is 0 Å². The summed E-state index contributed by atoms with van der Waals surface area (Å²) in [6.45, 7) is 18.7. The number of halogens is 1. The van der Waals surface area contributed by atoms with Crippen molar-refractivity contribution in [3.05, 3.63) is 81.9 Å². The van der Waals surface area contributed by atoms with Crippen molar-refractivity contribution in [2.24, 2.45) is 0 Å². The predicted octanol–water partition coefficient (Wildman–Crippen LogP) is 2.72. The normalized spacial score (nSPS) is 15.6. The van der Waals surface area contributed by atoms with E-state index in [1.807, 2.05) is 6.07 Å². The highest BCUT2D eigenvalue weighted by Gasteiger charge is 2.37. The molecule has 7 heteroatoms. The molecular weight excluding hydrogens is 548 g/mol. The van der Waals surface area contributed by atoms with Crippen LogP contribution in [0.25, 0.3) is 11.1 Å². The summed E-state index contributed by atoms with van der Waals surface area (Å²) in [4.78, 5) is 2.46. The Bertz CT molecular complexity index is 1730. The average molecular weight is 595 g/mol. The van der Waals surface area contributed by atoms with Crippen molar-refractivity contribution in [2.45, 2.75) is 84.5 Å². The predicted molar refractivity (Wildman–Crippen MR) is 211 cm³/mol. The number of hydrogen-bond donors (Lipinski definition) is 0. The zero-order valence-electron chi connectivity index (χ0n) is 29.4. The first kappa shape index (κ1) is 32.7. The van der Waals surface area contributed by atoms with Gasteiger partial charge in [0.25, 0.3) is 0 Å². The molecule has 0 bridgehead atoms. The minimum absolute atomic E-state index is 0.0166. The fourth-order valence-corrected chi connectivity index (χ4v) is 7.57. The van der Waals surface area contributed by atoms with Gasteiger partial charge in [0.15, 0.2) is 0 Å². The number of benzene rings is 4. The van der Waals surface area contributed by atoms with Crippen LogP contribution in [0.5, 0.6) is 0 Å². The van der Waals surface area contributed by atoms with Gasteiger partial charge in [0.2, 0.25) is 0 Å². The van der Waals surface area contributed by atoms with Gasteiger partial charge in [-0.25, -0.2) is 0 Å². The van der Waals surface area contributed by atoms with Crippen LogP contribution in [-0.2, 0) is 16.2 Å². The van der Waals surface area contributed by atoms with Crippen molar-refractivity contribution in [1.82, 2.24) is 0 Å². The number of anilines is 3. The molecule has 0 radical (unpaired) electrons. The van der Waals surface area contributed by atoms with Crippen molar-refractivity contribution in [3.8, 4) is 11.1 Å². The third kappa shape index (κ3) is 5.73. The van der Waals surface area contributed by atoms with Crippen molar-refractivity contribution in [3.63, 3.8) is 0 Å². The molecule has 0 amide bonds. The number of fused-ring (bicyclic) bond motifs is 1. The molecule has 44 heavy (non-hydrogen) atoms. The SMILES string of the molecule is Bc1c(B)c(B)c(-c2cc(C(C)(C)C)ccc2N(c2cc(C)cc(Cl)c2)c2ccc3c(c2)C(C)(C)CCC3(C)C)c(B)c1B. The van der Waals surface area contributed by atoms with Gasteiger partial charge in [0, 0.05) is 22.0 Å². The molecule has 1 aliphatic carbocycles. The third-order valence-electron chi connectivity index (χ3n) is 10.8. The Hall–Kier alpha value is -2.71. The zero-order valence-corrected chi connectivity index (χ0v) is 30.2. The number of rotatable bonds is 4. The molecule has 0 saturated heterocycles. The van der Waals surface area contributed by atoms with Crippen molar-refractivity contribution in [1.29, 1.82) is 0 Å². The summed E-state index contributed by atoms with van der Waals surface area (Å²) in [5.41, 5.74) is 18.6. The standard InChI is InChI=1S/C37H47B5ClN/c1-20-15-22(43)18-24(16-20)44(23-10-11-26-27(19-23)37(7,8)14-13-36(26,5)6)28-12-9-21(35(2,3)4)17-25(28)29-30(38)32(40)34(42)33(41)31(29)39/h9-12,15-19H,13-14,38-42H2,1-8H3. The van der Waals surface area contributed by atoms with E-state index in [1.54, 1.807) is 0 Å². The van der Waals surface area contributed by atoms with E-state index >= 15 is 0 Å². The molecule has 0 N–H and O–H groups in total. The Balaban J connectivity index is 1.90. The van der Waals surface area contributed by atoms with E-state index in [4.69, 9.17) is 11.6 Å². The van der Waals surface area contributed by atoms with Crippen LogP contribution in [0.2, 0.25) is 5.02 Å². The minimum Gasteiger partial charge on any atom is -0.310 e. The van der Waals surface area contributed by atoms with E-state index in [0.29, 0.717) is 0 Å².